The smallest absolute Gasteiger partial charge is 0.226 e. The van der Waals surface area contributed by atoms with Gasteiger partial charge >= 0.3 is 0 Å². The van der Waals surface area contributed by atoms with Gasteiger partial charge in [0, 0.05) is 39.0 Å². The number of thiazole rings is 1. The van der Waals surface area contributed by atoms with E-state index in [1.165, 1.54) is 29.5 Å². The number of nitrogens with zero attached hydrogens (tertiary/aromatic N) is 3. The van der Waals surface area contributed by atoms with Crippen molar-refractivity contribution in [2.24, 2.45) is 0 Å². The quantitative estimate of drug-likeness (QED) is 0.671. The summed E-state index contributed by atoms with van der Waals surface area (Å²) in [5.41, 5.74) is 1.15. The number of halogens is 2. The maximum absolute atomic E-state index is 13.9. The van der Waals surface area contributed by atoms with Crippen LogP contribution in [0.1, 0.15) is 12.8 Å². The van der Waals surface area contributed by atoms with Gasteiger partial charge in [0.25, 0.3) is 0 Å². The molecule has 156 valence electrons. The van der Waals surface area contributed by atoms with Crippen LogP contribution >= 0.6 is 11.3 Å². The molecule has 3 aromatic rings. The predicted molar refractivity (Wildman–Crippen MR) is 113 cm³/mol. The van der Waals surface area contributed by atoms with E-state index in [1.807, 2.05) is 4.90 Å². The van der Waals surface area contributed by atoms with Gasteiger partial charge in [-0.2, -0.15) is 0 Å². The Bertz CT molecular complexity index is 1080. The van der Waals surface area contributed by atoms with Crippen molar-refractivity contribution in [3.8, 4) is 0 Å². The maximum Gasteiger partial charge on any atom is 0.226 e. The fourth-order valence-electron chi connectivity index (χ4n) is 3.42. The molecule has 0 spiro atoms. The molecular weight excluding hydrogens is 410 g/mol. The highest BCUT2D eigenvalue weighted by Gasteiger charge is 2.23. The first-order chi connectivity index (χ1) is 14.5. The Morgan fingerprint density at radius 1 is 1.03 bits per heavy atom. The van der Waals surface area contributed by atoms with Crippen LogP contribution in [0.4, 0.5) is 19.6 Å². The summed E-state index contributed by atoms with van der Waals surface area (Å²) in [6.45, 7) is 2.05. The van der Waals surface area contributed by atoms with E-state index in [0.717, 1.165) is 0 Å². The zero-order valence-electron chi connectivity index (χ0n) is 16.1. The Kier molecular flexibility index (Phi) is 5.89. The third-order valence-electron chi connectivity index (χ3n) is 4.99. The molecule has 1 aliphatic rings. The Morgan fingerprint density at radius 2 is 1.80 bits per heavy atom. The highest BCUT2D eigenvalue weighted by molar-refractivity contribution is 7.22. The number of amides is 2. The summed E-state index contributed by atoms with van der Waals surface area (Å²) in [4.78, 5) is 32.5. The Balaban J connectivity index is 1.25. The normalized spacial score (nSPS) is 14.2. The molecule has 1 fully saturated rings. The minimum Gasteiger partial charge on any atom is -0.366 e. The van der Waals surface area contributed by atoms with Gasteiger partial charge in [-0.15, -0.1) is 0 Å². The lowest BCUT2D eigenvalue weighted by Crippen LogP contribution is -2.49. The first-order valence-electron chi connectivity index (χ1n) is 9.63. The lowest BCUT2D eigenvalue weighted by molar-refractivity contribution is -0.133. The van der Waals surface area contributed by atoms with E-state index in [-0.39, 0.29) is 36.3 Å². The molecule has 1 aliphatic heterocycles. The lowest BCUT2D eigenvalue weighted by atomic mass is 10.2. The molecule has 4 rings (SSSR count). The van der Waals surface area contributed by atoms with Crippen molar-refractivity contribution in [2.45, 2.75) is 12.8 Å². The van der Waals surface area contributed by atoms with E-state index in [2.05, 4.69) is 10.3 Å². The second-order valence-electron chi connectivity index (χ2n) is 7.00. The van der Waals surface area contributed by atoms with Crippen molar-refractivity contribution in [1.82, 2.24) is 9.88 Å². The summed E-state index contributed by atoms with van der Waals surface area (Å²) in [5.74, 6) is -1.05. The van der Waals surface area contributed by atoms with Gasteiger partial charge in [-0.25, -0.2) is 13.8 Å². The largest absolute Gasteiger partial charge is 0.366 e. The number of aromatic nitrogens is 1. The van der Waals surface area contributed by atoms with Gasteiger partial charge in [0.1, 0.15) is 11.6 Å². The molecule has 0 saturated carbocycles. The topological polar surface area (TPSA) is 65.5 Å². The molecule has 1 saturated heterocycles. The van der Waals surface area contributed by atoms with Crippen molar-refractivity contribution >= 4 is 44.2 Å². The zero-order chi connectivity index (χ0) is 21.1. The molecule has 0 radical (unpaired) electrons. The molecule has 0 bridgehead atoms. The van der Waals surface area contributed by atoms with Crippen molar-refractivity contribution in [3.05, 3.63) is 54.1 Å². The van der Waals surface area contributed by atoms with Gasteiger partial charge in [0.2, 0.25) is 11.8 Å². The van der Waals surface area contributed by atoms with Gasteiger partial charge in [-0.05, 0) is 30.3 Å². The number of anilines is 2. The van der Waals surface area contributed by atoms with Gasteiger partial charge in [0.15, 0.2) is 5.13 Å². The second-order valence-corrected chi connectivity index (χ2v) is 8.03. The van der Waals surface area contributed by atoms with E-state index < -0.39 is 0 Å². The summed E-state index contributed by atoms with van der Waals surface area (Å²) in [6, 6.07) is 10.8. The molecule has 6 nitrogen and oxygen atoms in total. The van der Waals surface area contributed by atoms with Crippen molar-refractivity contribution < 1.29 is 18.4 Å². The Labute approximate surface area is 176 Å². The van der Waals surface area contributed by atoms with Crippen molar-refractivity contribution in [1.29, 1.82) is 0 Å². The van der Waals surface area contributed by atoms with Crippen LogP contribution < -0.4 is 10.2 Å². The molecular formula is C21H20F2N4O2S. The first-order valence-corrected chi connectivity index (χ1v) is 10.4. The summed E-state index contributed by atoms with van der Waals surface area (Å²) in [6.07, 6.45) is 0.127. The van der Waals surface area contributed by atoms with Gasteiger partial charge in [0.05, 0.1) is 15.9 Å². The minimum absolute atomic E-state index is 0.0383. The number of hydrogen-bond donors (Lipinski definition) is 1. The standard InChI is InChI=1S/C21H20F2N4O2S/c22-14-5-6-16-18(13-14)30-21(24-16)25-19(28)7-8-20(29)27-11-9-26(10-12-27)17-4-2-1-3-15(17)23/h1-6,13H,7-12H2,(H,24,25,28). The zero-order valence-corrected chi connectivity index (χ0v) is 16.9. The Hall–Kier alpha value is -3.07. The minimum atomic E-state index is -0.357. The molecule has 1 N–H and O–H groups in total. The second kappa shape index (κ2) is 8.74. The summed E-state index contributed by atoms with van der Waals surface area (Å²) in [7, 11) is 0. The molecule has 9 heteroatoms. The Morgan fingerprint density at radius 3 is 2.57 bits per heavy atom. The van der Waals surface area contributed by atoms with Crippen LogP contribution in [0.2, 0.25) is 0 Å². The van der Waals surface area contributed by atoms with E-state index in [0.29, 0.717) is 47.2 Å². The van der Waals surface area contributed by atoms with Gasteiger partial charge < -0.3 is 15.1 Å². The summed E-state index contributed by atoms with van der Waals surface area (Å²) in [5, 5.41) is 3.05. The van der Waals surface area contributed by atoms with Crippen LogP contribution in [0.15, 0.2) is 42.5 Å². The fraction of sp³-hybridized carbons (Fsp3) is 0.286. The summed E-state index contributed by atoms with van der Waals surface area (Å²) >= 11 is 1.19. The van der Waals surface area contributed by atoms with Crippen LogP contribution in [-0.2, 0) is 9.59 Å². The van der Waals surface area contributed by atoms with Gasteiger partial charge in [-0.3, -0.25) is 9.59 Å². The highest BCUT2D eigenvalue weighted by Crippen LogP contribution is 2.26. The molecule has 0 atom stereocenters. The average Bonchev–Trinajstić information content (AvgIpc) is 3.13. The van der Waals surface area contributed by atoms with Crippen LogP contribution in [0.25, 0.3) is 10.2 Å². The molecule has 2 heterocycles. The maximum atomic E-state index is 13.9. The van der Waals surface area contributed by atoms with E-state index in [4.69, 9.17) is 0 Å². The number of carbonyl (C=O) groups excluding carboxylic acids is 2. The predicted octanol–water partition coefficient (Wildman–Crippen LogP) is 3.64. The summed E-state index contributed by atoms with van der Waals surface area (Å²) < 4.78 is 27.8. The number of benzene rings is 2. The number of rotatable bonds is 5. The molecule has 2 aromatic carbocycles. The SMILES string of the molecule is O=C(CCC(=O)N1CCN(c2ccccc2F)CC1)Nc1nc2ccc(F)cc2s1. The average molecular weight is 430 g/mol. The van der Waals surface area contributed by atoms with E-state index >= 15 is 0 Å². The van der Waals surface area contributed by atoms with E-state index in [1.54, 1.807) is 29.2 Å². The first kappa shape index (κ1) is 20.2. The molecule has 0 unspecified atom stereocenters. The van der Waals surface area contributed by atoms with E-state index in [9.17, 15) is 18.4 Å². The number of para-hydroxylation sites is 1. The fourth-order valence-corrected chi connectivity index (χ4v) is 4.32. The van der Waals surface area contributed by atoms with Crippen LogP contribution in [0, 0.1) is 11.6 Å². The number of hydrogen-bond acceptors (Lipinski definition) is 5. The number of nitrogens with one attached hydrogen (secondary N) is 1. The molecule has 30 heavy (non-hydrogen) atoms. The van der Waals surface area contributed by atoms with Crippen molar-refractivity contribution in [3.63, 3.8) is 0 Å². The van der Waals surface area contributed by atoms with Crippen molar-refractivity contribution in [2.75, 3.05) is 36.4 Å². The van der Waals surface area contributed by atoms with Crippen LogP contribution in [0.5, 0.6) is 0 Å². The third-order valence-corrected chi connectivity index (χ3v) is 5.92. The molecule has 0 aliphatic carbocycles. The molecule has 2 amide bonds. The number of piperazine rings is 1. The van der Waals surface area contributed by atoms with Crippen LogP contribution in [0.3, 0.4) is 0 Å². The third kappa shape index (κ3) is 4.56. The number of fused-ring (bicyclic) bond motifs is 1. The number of carbonyl (C=O) groups is 2. The van der Waals surface area contributed by atoms with Crippen LogP contribution in [-0.4, -0.2) is 47.9 Å². The van der Waals surface area contributed by atoms with Gasteiger partial charge in [-0.1, -0.05) is 23.5 Å². The monoisotopic (exact) mass is 430 g/mol. The highest BCUT2D eigenvalue weighted by atomic mass is 32.1. The lowest BCUT2D eigenvalue weighted by Gasteiger charge is -2.36. The molecule has 1 aromatic heterocycles.